The van der Waals surface area contributed by atoms with Crippen LogP contribution in [0, 0.1) is 23.7 Å². The molecule has 3 aromatic carbocycles. The summed E-state index contributed by atoms with van der Waals surface area (Å²) in [4.78, 5) is 63.4. The number of fused-ring (bicyclic) bond motifs is 4. The van der Waals surface area contributed by atoms with Crippen LogP contribution in [0.5, 0.6) is 11.5 Å². The molecule has 10 nitrogen and oxygen atoms in total. The molecule has 55 heavy (non-hydrogen) atoms. The molecule has 8 rings (SSSR count). The minimum atomic E-state index is -4.76. The Morgan fingerprint density at radius 1 is 0.891 bits per heavy atom. The first-order chi connectivity index (χ1) is 26.2. The number of methoxy groups -OCH3 is 1. The Morgan fingerprint density at radius 2 is 1.56 bits per heavy atom. The van der Waals surface area contributed by atoms with Gasteiger partial charge in [0.1, 0.15) is 11.5 Å². The number of benzene rings is 3. The van der Waals surface area contributed by atoms with Crippen LogP contribution in [-0.4, -0.2) is 45.8 Å². The van der Waals surface area contributed by atoms with E-state index >= 15 is 4.79 Å². The summed E-state index contributed by atoms with van der Waals surface area (Å²) in [5.41, 5.74) is 1.08. The molecule has 2 N–H and O–H groups in total. The molecule has 2 aliphatic heterocycles. The van der Waals surface area contributed by atoms with Crippen LogP contribution in [0.25, 0.3) is 0 Å². The average Bonchev–Trinajstić information content (AvgIpc) is 3.53. The number of carbonyl (C=O) groups excluding carboxylic acids is 4. The highest BCUT2D eigenvalue weighted by molar-refractivity contribution is 6.33. The number of pyridine rings is 1. The second-order valence-corrected chi connectivity index (χ2v) is 15.1. The number of allylic oxidation sites excluding steroid dienone is 2. The summed E-state index contributed by atoms with van der Waals surface area (Å²) in [6, 6.07) is 17.7. The topological polar surface area (TPSA) is 129 Å². The smallest absolute Gasteiger partial charge is 0.417 e. The van der Waals surface area contributed by atoms with Gasteiger partial charge < -0.3 is 9.84 Å². The van der Waals surface area contributed by atoms with Crippen molar-refractivity contribution >= 4 is 69.9 Å². The number of phenols is 1. The lowest BCUT2D eigenvalue weighted by Gasteiger charge is -2.50. The number of aromatic hydroxyl groups is 1. The molecule has 0 spiro atoms. The van der Waals surface area contributed by atoms with E-state index in [1.807, 2.05) is 6.08 Å². The van der Waals surface area contributed by atoms with Gasteiger partial charge in [0.15, 0.2) is 5.82 Å². The molecular weight excluding hydrogens is 784 g/mol. The number of carbonyl (C=O) groups is 4. The Bertz CT molecular complexity index is 2320. The fourth-order valence-corrected chi connectivity index (χ4v) is 9.33. The molecule has 2 saturated heterocycles. The van der Waals surface area contributed by atoms with E-state index in [9.17, 15) is 32.7 Å². The van der Waals surface area contributed by atoms with Crippen molar-refractivity contribution in [3.05, 3.63) is 122 Å². The zero-order valence-electron chi connectivity index (χ0n) is 28.5. The quantitative estimate of drug-likeness (QED) is 0.148. The number of alkyl halides is 3. The lowest BCUT2D eigenvalue weighted by atomic mass is 9.49. The van der Waals surface area contributed by atoms with Gasteiger partial charge in [-0.15, -0.1) is 0 Å². The van der Waals surface area contributed by atoms with Crippen LogP contribution in [0.4, 0.5) is 24.7 Å². The maximum Gasteiger partial charge on any atom is 0.417 e. The molecule has 0 radical (unpaired) electrons. The summed E-state index contributed by atoms with van der Waals surface area (Å²) in [7, 11) is 1.42. The Balaban J connectivity index is 1.32. The predicted molar refractivity (Wildman–Crippen MR) is 195 cm³/mol. The minimum Gasteiger partial charge on any atom is -0.508 e. The van der Waals surface area contributed by atoms with Crippen molar-refractivity contribution in [3.8, 4) is 11.5 Å². The van der Waals surface area contributed by atoms with Gasteiger partial charge >= 0.3 is 6.18 Å². The highest BCUT2D eigenvalue weighted by Gasteiger charge is 2.70. The van der Waals surface area contributed by atoms with Gasteiger partial charge in [0.25, 0.3) is 11.8 Å². The highest BCUT2D eigenvalue weighted by Crippen LogP contribution is 2.65. The first kappa shape index (κ1) is 36.8. The largest absolute Gasteiger partial charge is 0.508 e. The van der Waals surface area contributed by atoms with E-state index in [0.717, 1.165) is 4.90 Å². The molecule has 282 valence electrons. The standard InChI is InChI=1S/C39H28Cl3F3N4O6/c1-55-23-10-11-25(30(50)15-23)32-24-12-13-26-31(36(53)48(34(26)51)22-8-6-21(41)7-9-22)27(24)16-28-35(52)49(37(54)38(28,32)18-2-4-20(40)5-3-18)47-33-29(42)14-19(17-46-33)39(43,44)45/h2-12,14-15,17,26-28,31-32,50H,13,16H2,1H3,(H,46,47). The van der Waals surface area contributed by atoms with E-state index in [4.69, 9.17) is 39.5 Å². The number of anilines is 2. The first-order valence-electron chi connectivity index (χ1n) is 17.0. The maximum atomic E-state index is 15.3. The fraction of sp³-hybridized carbons (Fsp3) is 0.256. The summed E-state index contributed by atoms with van der Waals surface area (Å²) in [6.45, 7) is 0. The van der Waals surface area contributed by atoms with Crippen molar-refractivity contribution < 1.29 is 42.2 Å². The molecule has 16 heteroatoms. The molecule has 4 aromatic rings. The number of rotatable bonds is 6. The second-order valence-electron chi connectivity index (χ2n) is 13.8. The zero-order chi connectivity index (χ0) is 39.1. The summed E-state index contributed by atoms with van der Waals surface area (Å²) < 4.78 is 45.8. The Labute approximate surface area is 326 Å². The van der Waals surface area contributed by atoms with Crippen LogP contribution < -0.4 is 15.1 Å². The number of amides is 4. The highest BCUT2D eigenvalue weighted by atomic mass is 35.5. The second kappa shape index (κ2) is 13.3. The molecule has 6 unspecified atom stereocenters. The number of phenolic OH excluding ortho intramolecular Hbond substituents is 1. The van der Waals surface area contributed by atoms with Crippen molar-refractivity contribution in [1.82, 2.24) is 9.99 Å². The van der Waals surface area contributed by atoms with E-state index in [1.165, 1.54) is 13.2 Å². The number of halogens is 6. The van der Waals surface area contributed by atoms with Crippen LogP contribution in [0.3, 0.4) is 0 Å². The maximum absolute atomic E-state index is 15.3. The monoisotopic (exact) mass is 810 g/mol. The van der Waals surface area contributed by atoms with Gasteiger partial charge in [0.05, 0.1) is 46.6 Å². The summed E-state index contributed by atoms with van der Waals surface area (Å²) in [5.74, 6) is -7.74. The molecule has 0 bridgehead atoms. The normalized spacial score (nSPS) is 26.1. The number of imide groups is 2. The number of nitrogens with zero attached hydrogens (tertiary/aromatic N) is 3. The van der Waals surface area contributed by atoms with E-state index in [1.54, 1.807) is 60.7 Å². The number of nitrogens with one attached hydrogen (secondary N) is 1. The summed E-state index contributed by atoms with van der Waals surface area (Å²) >= 11 is 18.7. The van der Waals surface area contributed by atoms with Gasteiger partial charge in [0, 0.05) is 33.8 Å². The van der Waals surface area contributed by atoms with Crippen LogP contribution in [0.1, 0.15) is 35.4 Å². The molecular formula is C39H28Cl3F3N4O6. The van der Waals surface area contributed by atoms with E-state index in [0.29, 0.717) is 49.9 Å². The lowest BCUT2D eigenvalue weighted by Crippen LogP contribution is -2.53. The lowest BCUT2D eigenvalue weighted by molar-refractivity contribution is -0.139. The number of ether oxygens (including phenoxy) is 1. The van der Waals surface area contributed by atoms with Crippen molar-refractivity contribution in [3.63, 3.8) is 0 Å². The third-order valence-electron chi connectivity index (χ3n) is 11.2. The molecule has 3 fully saturated rings. The van der Waals surface area contributed by atoms with Gasteiger partial charge in [-0.05, 0) is 72.9 Å². The van der Waals surface area contributed by atoms with Crippen LogP contribution >= 0.6 is 34.8 Å². The Kier molecular flexibility index (Phi) is 8.90. The number of hydrogen-bond acceptors (Lipinski definition) is 8. The summed E-state index contributed by atoms with van der Waals surface area (Å²) in [6.07, 6.45) is -2.40. The molecule has 4 amide bonds. The molecule has 6 atom stereocenters. The Morgan fingerprint density at radius 3 is 2.18 bits per heavy atom. The average molecular weight is 812 g/mol. The van der Waals surface area contributed by atoms with Crippen molar-refractivity contribution in [2.75, 3.05) is 17.4 Å². The number of aromatic nitrogens is 1. The molecule has 1 aromatic heterocycles. The summed E-state index contributed by atoms with van der Waals surface area (Å²) in [5, 5.41) is 12.6. The third kappa shape index (κ3) is 5.65. The van der Waals surface area contributed by atoms with Crippen LogP contribution in [0.2, 0.25) is 15.1 Å². The molecule has 2 aliphatic carbocycles. The fourth-order valence-electron chi connectivity index (χ4n) is 8.87. The van der Waals surface area contributed by atoms with Gasteiger partial charge in [-0.3, -0.25) is 29.5 Å². The van der Waals surface area contributed by atoms with Gasteiger partial charge in [-0.2, -0.15) is 18.2 Å². The molecule has 4 aliphatic rings. The first-order valence-corrected chi connectivity index (χ1v) is 18.1. The van der Waals surface area contributed by atoms with Gasteiger partial charge in [-0.1, -0.05) is 64.7 Å². The van der Waals surface area contributed by atoms with E-state index in [2.05, 4.69) is 10.4 Å². The molecule has 3 heterocycles. The van der Waals surface area contributed by atoms with Crippen molar-refractivity contribution in [2.24, 2.45) is 23.7 Å². The SMILES string of the molecule is COc1ccc(C2C3=CCC4C(=O)N(c5ccc(Cl)cc5)C(=O)C4C3CC3C(=O)N(Nc4ncc(C(F)(F)F)cc4Cl)C(=O)C32c2ccc(Cl)cc2)c(O)c1. The molecule has 1 saturated carbocycles. The van der Waals surface area contributed by atoms with Gasteiger partial charge in [0.2, 0.25) is 11.8 Å². The van der Waals surface area contributed by atoms with Crippen molar-refractivity contribution in [1.29, 1.82) is 0 Å². The zero-order valence-corrected chi connectivity index (χ0v) is 30.7. The van der Waals surface area contributed by atoms with Crippen LogP contribution in [-0.2, 0) is 30.8 Å². The van der Waals surface area contributed by atoms with Gasteiger partial charge in [-0.25, -0.2) is 4.98 Å². The number of hydrazine groups is 1. The number of hydrogen-bond donors (Lipinski definition) is 2. The Hall–Kier alpha value is -5.11. The predicted octanol–water partition coefficient (Wildman–Crippen LogP) is 7.96. The van der Waals surface area contributed by atoms with E-state index in [-0.39, 0.29) is 24.2 Å². The van der Waals surface area contributed by atoms with Crippen LogP contribution in [0.15, 0.2) is 90.6 Å². The van der Waals surface area contributed by atoms with Crippen molar-refractivity contribution in [2.45, 2.75) is 30.4 Å². The van der Waals surface area contributed by atoms with E-state index < -0.39 is 81.2 Å². The third-order valence-corrected chi connectivity index (χ3v) is 12.0. The minimum absolute atomic E-state index is 0.0898.